The average molecular weight is 245 g/mol. The number of unbranched alkanes of at least 4 members (excludes halogenated alkanes) is 1. The molecule has 1 aromatic rings. The Morgan fingerprint density at radius 3 is 2.44 bits per heavy atom. The number of phosphoric ester groups is 1. The monoisotopic (exact) mass is 245 g/mol. The SMILES string of the molecule is CCCCNc1ccc(OP(=O)(O)O)cc1. The Morgan fingerprint density at radius 1 is 1.31 bits per heavy atom. The standard InChI is InChI=1S/C10H16NO4P/c1-2-3-8-11-9-4-6-10(7-5-9)15-16(12,13)14/h4-7,11H,2-3,8H2,1H3,(H2,12,13,14). The Kier molecular flexibility index (Phi) is 4.80. The molecule has 0 unspecified atom stereocenters. The van der Waals surface area contributed by atoms with E-state index in [2.05, 4.69) is 16.8 Å². The molecule has 0 saturated heterocycles. The lowest BCUT2D eigenvalue weighted by Crippen LogP contribution is -2.00. The van der Waals surface area contributed by atoms with Gasteiger partial charge in [-0.15, -0.1) is 0 Å². The third-order valence-electron chi connectivity index (χ3n) is 1.94. The van der Waals surface area contributed by atoms with Crippen molar-refractivity contribution >= 4 is 13.5 Å². The number of phosphoric acid groups is 1. The van der Waals surface area contributed by atoms with Gasteiger partial charge in [-0.1, -0.05) is 13.3 Å². The topological polar surface area (TPSA) is 78.8 Å². The normalized spacial score (nSPS) is 11.2. The van der Waals surface area contributed by atoms with Crippen molar-refractivity contribution in [2.24, 2.45) is 0 Å². The fourth-order valence-electron chi connectivity index (χ4n) is 1.18. The van der Waals surface area contributed by atoms with Gasteiger partial charge in [-0.2, -0.15) is 0 Å². The van der Waals surface area contributed by atoms with E-state index in [-0.39, 0.29) is 5.75 Å². The molecule has 0 atom stereocenters. The molecule has 0 aliphatic carbocycles. The lowest BCUT2D eigenvalue weighted by atomic mass is 10.3. The molecule has 0 bridgehead atoms. The largest absolute Gasteiger partial charge is 0.524 e. The summed E-state index contributed by atoms with van der Waals surface area (Å²) in [5, 5.41) is 3.19. The molecule has 16 heavy (non-hydrogen) atoms. The van der Waals surface area contributed by atoms with Crippen LogP contribution in [0.3, 0.4) is 0 Å². The van der Waals surface area contributed by atoms with Crippen LogP contribution in [-0.4, -0.2) is 16.3 Å². The maximum atomic E-state index is 10.6. The molecular weight excluding hydrogens is 229 g/mol. The number of hydrogen-bond acceptors (Lipinski definition) is 3. The van der Waals surface area contributed by atoms with Crippen LogP contribution in [0.5, 0.6) is 5.75 Å². The second-order valence-corrected chi connectivity index (χ2v) is 4.55. The maximum absolute atomic E-state index is 10.6. The van der Waals surface area contributed by atoms with Crippen LogP contribution in [0.1, 0.15) is 19.8 Å². The van der Waals surface area contributed by atoms with E-state index in [0.29, 0.717) is 0 Å². The first-order valence-electron chi connectivity index (χ1n) is 5.10. The van der Waals surface area contributed by atoms with E-state index in [1.807, 2.05) is 0 Å². The average Bonchev–Trinajstić information content (AvgIpc) is 2.19. The Bertz CT molecular complexity index is 360. The molecule has 0 aromatic heterocycles. The Morgan fingerprint density at radius 2 is 1.94 bits per heavy atom. The molecule has 3 N–H and O–H groups in total. The first-order chi connectivity index (χ1) is 7.51. The van der Waals surface area contributed by atoms with Crippen LogP contribution in [-0.2, 0) is 4.57 Å². The zero-order valence-corrected chi connectivity index (χ0v) is 9.98. The molecule has 0 fully saturated rings. The van der Waals surface area contributed by atoms with E-state index in [1.54, 1.807) is 12.1 Å². The van der Waals surface area contributed by atoms with Gasteiger partial charge in [-0.05, 0) is 30.7 Å². The van der Waals surface area contributed by atoms with Gasteiger partial charge in [0.25, 0.3) is 0 Å². The van der Waals surface area contributed by atoms with Gasteiger partial charge in [0, 0.05) is 12.2 Å². The Hall–Kier alpha value is -1.03. The highest BCUT2D eigenvalue weighted by Gasteiger charge is 2.15. The summed E-state index contributed by atoms with van der Waals surface area (Å²) in [4.78, 5) is 17.2. The molecule has 1 rings (SSSR count). The molecular formula is C10H16NO4P. The van der Waals surface area contributed by atoms with E-state index >= 15 is 0 Å². The summed E-state index contributed by atoms with van der Waals surface area (Å²) in [6.07, 6.45) is 2.20. The van der Waals surface area contributed by atoms with Crippen molar-refractivity contribution in [2.75, 3.05) is 11.9 Å². The molecule has 6 heteroatoms. The highest BCUT2D eigenvalue weighted by Crippen LogP contribution is 2.37. The quantitative estimate of drug-likeness (QED) is 0.529. The fourth-order valence-corrected chi connectivity index (χ4v) is 1.58. The summed E-state index contributed by atoms with van der Waals surface area (Å²) in [6, 6.07) is 6.49. The summed E-state index contributed by atoms with van der Waals surface area (Å²) in [6.45, 7) is 2.99. The van der Waals surface area contributed by atoms with Gasteiger partial charge in [0.1, 0.15) is 5.75 Å². The van der Waals surface area contributed by atoms with Gasteiger partial charge in [0.15, 0.2) is 0 Å². The van der Waals surface area contributed by atoms with Crippen molar-refractivity contribution in [3.63, 3.8) is 0 Å². The van der Waals surface area contributed by atoms with Crippen LogP contribution < -0.4 is 9.84 Å². The smallest absolute Gasteiger partial charge is 0.404 e. The number of anilines is 1. The van der Waals surface area contributed by atoms with E-state index in [4.69, 9.17) is 9.79 Å². The van der Waals surface area contributed by atoms with Crippen LogP contribution >= 0.6 is 7.82 Å². The van der Waals surface area contributed by atoms with Gasteiger partial charge in [0.05, 0.1) is 0 Å². The van der Waals surface area contributed by atoms with Crippen molar-refractivity contribution in [3.05, 3.63) is 24.3 Å². The summed E-state index contributed by atoms with van der Waals surface area (Å²) in [5.74, 6) is 0.161. The van der Waals surface area contributed by atoms with Crippen molar-refractivity contribution < 1.29 is 18.9 Å². The molecule has 0 radical (unpaired) electrons. The van der Waals surface area contributed by atoms with Crippen LogP contribution in [0.15, 0.2) is 24.3 Å². The van der Waals surface area contributed by atoms with Gasteiger partial charge in [-0.25, -0.2) is 4.57 Å². The van der Waals surface area contributed by atoms with Crippen molar-refractivity contribution in [3.8, 4) is 5.75 Å². The van der Waals surface area contributed by atoms with E-state index in [9.17, 15) is 4.57 Å². The second-order valence-electron chi connectivity index (χ2n) is 3.39. The van der Waals surface area contributed by atoms with E-state index in [1.165, 1.54) is 12.1 Å². The van der Waals surface area contributed by atoms with Gasteiger partial charge in [0.2, 0.25) is 0 Å². The molecule has 0 amide bonds. The fraction of sp³-hybridized carbons (Fsp3) is 0.400. The molecule has 90 valence electrons. The summed E-state index contributed by atoms with van der Waals surface area (Å²) in [7, 11) is -4.45. The number of benzene rings is 1. The molecule has 5 nitrogen and oxygen atoms in total. The zero-order valence-electron chi connectivity index (χ0n) is 9.09. The molecule has 0 aliphatic heterocycles. The lowest BCUT2D eigenvalue weighted by Gasteiger charge is -2.08. The highest BCUT2D eigenvalue weighted by molar-refractivity contribution is 7.46. The van der Waals surface area contributed by atoms with E-state index < -0.39 is 7.82 Å². The van der Waals surface area contributed by atoms with Crippen LogP contribution in [0.2, 0.25) is 0 Å². The van der Waals surface area contributed by atoms with Crippen molar-refractivity contribution in [2.45, 2.75) is 19.8 Å². The van der Waals surface area contributed by atoms with Gasteiger partial charge in [-0.3, -0.25) is 9.79 Å². The molecule has 0 saturated carbocycles. The molecule has 0 spiro atoms. The van der Waals surface area contributed by atoms with Crippen LogP contribution in [0.4, 0.5) is 5.69 Å². The molecule has 0 heterocycles. The predicted molar refractivity (Wildman–Crippen MR) is 62.5 cm³/mol. The lowest BCUT2D eigenvalue weighted by molar-refractivity contribution is 0.283. The van der Waals surface area contributed by atoms with Crippen molar-refractivity contribution in [1.82, 2.24) is 0 Å². The zero-order chi connectivity index (χ0) is 12.0. The maximum Gasteiger partial charge on any atom is 0.524 e. The molecule has 1 aromatic carbocycles. The third-order valence-corrected chi connectivity index (χ3v) is 2.39. The van der Waals surface area contributed by atoms with Crippen LogP contribution in [0.25, 0.3) is 0 Å². The summed E-state index contributed by atoms with van der Waals surface area (Å²) >= 11 is 0. The minimum atomic E-state index is -4.45. The van der Waals surface area contributed by atoms with Crippen LogP contribution in [0, 0.1) is 0 Å². The third kappa shape index (κ3) is 5.16. The second kappa shape index (κ2) is 5.89. The first kappa shape index (κ1) is 13.0. The Labute approximate surface area is 94.7 Å². The van der Waals surface area contributed by atoms with E-state index in [0.717, 1.165) is 25.1 Å². The van der Waals surface area contributed by atoms with Crippen molar-refractivity contribution in [1.29, 1.82) is 0 Å². The minimum absolute atomic E-state index is 0.161. The predicted octanol–water partition coefficient (Wildman–Crippen LogP) is 2.37. The summed E-state index contributed by atoms with van der Waals surface area (Å²) < 4.78 is 15.0. The number of hydrogen-bond donors (Lipinski definition) is 3. The summed E-state index contributed by atoms with van der Waals surface area (Å²) in [5.41, 5.74) is 0.909. The Balaban J connectivity index is 2.51. The first-order valence-corrected chi connectivity index (χ1v) is 6.63. The number of rotatable bonds is 6. The van der Waals surface area contributed by atoms with Gasteiger partial charge >= 0.3 is 7.82 Å². The highest BCUT2D eigenvalue weighted by atomic mass is 31.2. The molecule has 0 aliphatic rings. The number of nitrogens with one attached hydrogen (secondary N) is 1. The minimum Gasteiger partial charge on any atom is -0.404 e. The van der Waals surface area contributed by atoms with Gasteiger partial charge < -0.3 is 9.84 Å².